The molecule has 1 N–H and O–H groups in total. The molecule has 2 fully saturated rings. The first kappa shape index (κ1) is 19.5. The second kappa shape index (κ2) is 12.5. The van der Waals surface area contributed by atoms with E-state index in [1.165, 1.54) is 109 Å². The van der Waals surface area contributed by atoms with Gasteiger partial charge in [-0.05, 0) is 31.1 Å². The van der Waals surface area contributed by atoms with Crippen LogP contribution in [0, 0.1) is 11.8 Å². The highest BCUT2D eigenvalue weighted by atomic mass is 28.2. The van der Waals surface area contributed by atoms with Gasteiger partial charge < -0.3 is 9.22 Å². The molecule has 2 aliphatic carbocycles. The van der Waals surface area contributed by atoms with Crippen LogP contribution in [0.5, 0.6) is 0 Å². The summed E-state index contributed by atoms with van der Waals surface area (Å²) in [7, 11) is -1.26. The van der Waals surface area contributed by atoms with Gasteiger partial charge in [-0.1, -0.05) is 89.9 Å². The largest absolute Gasteiger partial charge is 0.415 e. The van der Waals surface area contributed by atoms with E-state index in [1.54, 1.807) is 0 Å². The van der Waals surface area contributed by atoms with Crippen LogP contribution in [0.2, 0.25) is 0 Å². The normalized spacial score (nSPS) is 24.9. The van der Waals surface area contributed by atoms with E-state index >= 15 is 0 Å². The van der Waals surface area contributed by atoms with E-state index in [0.29, 0.717) is 6.10 Å². The zero-order valence-electron chi connectivity index (χ0n) is 15.3. The number of rotatable bonds is 7. The van der Waals surface area contributed by atoms with Crippen molar-refractivity contribution in [2.75, 3.05) is 0 Å². The second-order valence-corrected chi connectivity index (χ2v) is 8.67. The van der Waals surface area contributed by atoms with Crippen molar-refractivity contribution in [3.8, 4) is 0 Å². The van der Waals surface area contributed by atoms with Gasteiger partial charge in [0.1, 0.15) is 0 Å². The van der Waals surface area contributed by atoms with E-state index in [2.05, 4.69) is 0 Å². The maximum atomic E-state index is 9.43. The van der Waals surface area contributed by atoms with E-state index in [-0.39, 0.29) is 0 Å². The van der Waals surface area contributed by atoms with Crippen molar-refractivity contribution in [3.05, 3.63) is 0 Å². The molecule has 0 amide bonds. The minimum Gasteiger partial charge on any atom is -0.415 e. The molecule has 0 spiro atoms. The van der Waals surface area contributed by atoms with Gasteiger partial charge in [-0.3, -0.25) is 0 Å². The van der Waals surface area contributed by atoms with Crippen LogP contribution in [0.15, 0.2) is 0 Å². The Hall–Kier alpha value is 0.137. The van der Waals surface area contributed by atoms with Crippen LogP contribution < -0.4 is 0 Å². The highest BCUT2D eigenvalue weighted by Gasteiger charge is 2.23. The molecule has 0 aromatic heterocycles. The van der Waals surface area contributed by atoms with E-state index < -0.39 is 10.0 Å². The molecule has 2 saturated carbocycles. The molecule has 1 unspecified atom stereocenters. The Labute approximate surface area is 146 Å². The summed E-state index contributed by atoms with van der Waals surface area (Å²) in [5.41, 5.74) is 0. The fraction of sp³-hybridized carbons (Fsp3) is 1.00. The van der Waals surface area contributed by atoms with Crippen LogP contribution >= 0.6 is 0 Å². The van der Waals surface area contributed by atoms with Crippen molar-refractivity contribution in [3.63, 3.8) is 0 Å². The van der Waals surface area contributed by atoms with Crippen LogP contribution in [-0.2, 0) is 4.43 Å². The first-order valence-electron chi connectivity index (χ1n) is 10.6. The first-order chi connectivity index (χ1) is 11.4. The molecule has 0 aliphatic heterocycles. The second-order valence-electron chi connectivity index (χ2n) is 8.08. The Balaban J connectivity index is 1.71. The predicted octanol–water partition coefficient (Wildman–Crippen LogP) is 5.25. The minimum absolute atomic E-state index is 0.373. The maximum absolute atomic E-state index is 9.43. The zero-order chi connectivity index (χ0) is 16.2. The van der Waals surface area contributed by atoms with Crippen LogP contribution in [0.1, 0.15) is 109 Å². The average Bonchev–Trinajstić information content (AvgIpc) is 2.48. The van der Waals surface area contributed by atoms with Gasteiger partial charge in [-0.2, -0.15) is 0 Å². The summed E-state index contributed by atoms with van der Waals surface area (Å²) >= 11 is 0. The molecule has 0 saturated heterocycles. The van der Waals surface area contributed by atoms with Gasteiger partial charge in [-0.25, -0.2) is 0 Å². The molecule has 0 aromatic carbocycles. The smallest absolute Gasteiger partial charge is 0.302 e. The lowest BCUT2D eigenvalue weighted by atomic mass is 9.83. The van der Waals surface area contributed by atoms with Crippen molar-refractivity contribution < 1.29 is 9.22 Å². The molecule has 2 nitrogen and oxygen atoms in total. The lowest BCUT2D eigenvalue weighted by Crippen LogP contribution is -2.27. The summed E-state index contributed by atoms with van der Waals surface area (Å²) in [6, 6.07) is 0. The summed E-state index contributed by atoms with van der Waals surface area (Å²) < 4.78 is 5.91. The van der Waals surface area contributed by atoms with E-state index in [1.807, 2.05) is 0 Å². The Kier molecular flexibility index (Phi) is 10.6. The number of hydrogen-bond donors (Lipinski definition) is 1. The molecule has 0 heterocycles. The van der Waals surface area contributed by atoms with Crippen molar-refractivity contribution in [1.29, 1.82) is 0 Å². The SMILES string of the molecule is O[SiH2]OC(CCCC1CCCCCCC1)C1CCCCCCC1. The van der Waals surface area contributed by atoms with Gasteiger partial charge in [0.25, 0.3) is 0 Å². The zero-order valence-corrected chi connectivity index (χ0v) is 16.7. The fourth-order valence-corrected chi connectivity index (χ4v) is 5.48. The third-order valence-electron chi connectivity index (χ3n) is 6.29. The lowest BCUT2D eigenvalue weighted by Gasteiger charge is -2.29. The van der Waals surface area contributed by atoms with Crippen molar-refractivity contribution in [1.82, 2.24) is 0 Å². The summed E-state index contributed by atoms with van der Waals surface area (Å²) in [4.78, 5) is 9.43. The highest BCUT2D eigenvalue weighted by molar-refractivity contribution is 6.15. The Morgan fingerprint density at radius 3 is 1.87 bits per heavy atom. The third kappa shape index (κ3) is 8.17. The molecular weight excluding hydrogens is 300 g/mol. The standard InChI is InChI=1S/C20H40O2Si/c21-23-22-20(19-15-9-5-2-6-10-16-19)17-11-14-18-12-7-3-1-4-8-13-18/h18-21H,1-17,23H2. The van der Waals surface area contributed by atoms with Crippen LogP contribution in [-0.4, -0.2) is 20.9 Å². The van der Waals surface area contributed by atoms with Gasteiger partial charge in [0.05, 0.1) is 0 Å². The van der Waals surface area contributed by atoms with E-state index in [4.69, 9.17) is 4.43 Å². The number of hydrogen-bond acceptors (Lipinski definition) is 2. The average molecular weight is 341 g/mol. The Morgan fingerprint density at radius 1 is 0.783 bits per heavy atom. The van der Waals surface area contributed by atoms with Crippen LogP contribution in [0.3, 0.4) is 0 Å². The molecule has 3 heteroatoms. The summed E-state index contributed by atoms with van der Waals surface area (Å²) in [5.74, 6) is 1.70. The third-order valence-corrected chi connectivity index (χ3v) is 6.87. The molecule has 0 radical (unpaired) electrons. The van der Waals surface area contributed by atoms with Gasteiger partial charge in [0, 0.05) is 6.10 Å². The molecule has 0 bridgehead atoms. The van der Waals surface area contributed by atoms with Crippen molar-refractivity contribution in [2.24, 2.45) is 11.8 Å². The molecule has 0 aromatic rings. The van der Waals surface area contributed by atoms with Crippen molar-refractivity contribution >= 4 is 10.0 Å². The van der Waals surface area contributed by atoms with E-state index in [0.717, 1.165) is 11.8 Å². The lowest BCUT2D eigenvalue weighted by molar-refractivity contribution is 0.0909. The van der Waals surface area contributed by atoms with Gasteiger partial charge in [0.15, 0.2) is 0 Å². The molecule has 2 aliphatic rings. The van der Waals surface area contributed by atoms with Crippen molar-refractivity contribution in [2.45, 2.75) is 115 Å². The molecule has 23 heavy (non-hydrogen) atoms. The monoisotopic (exact) mass is 340 g/mol. The quantitative estimate of drug-likeness (QED) is 0.641. The van der Waals surface area contributed by atoms with Gasteiger partial charge in [-0.15, -0.1) is 0 Å². The van der Waals surface area contributed by atoms with Crippen LogP contribution in [0.25, 0.3) is 0 Å². The predicted molar refractivity (Wildman–Crippen MR) is 101 cm³/mol. The Bertz CT molecular complexity index is 269. The van der Waals surface area contributed by atoms with E-state index in [9.17, 15) is 4.80 Å². The fourth-order valence-electron chi connectivity index (χ4n) is 4.85. The summed E-state index contributed by atoms with van der Waals surface area (Å²) in [6.45, 7) is 0. The summed E-state index contributed by atoms with van der Waals surface area (Å²) in [5, 5.41) is 0. The van der Waals surface area contributed by atoms with Gasteiger partial charge >= 0.3 is 10.0 Å². The minimum atomic E-state index is -1.26. The van der Waals surface area contributed by atoms with Gasteiger partial charge in [0.2, 0.25) is 0 Å². The molecule has 1 atom stereocenters. The molecule has 136 valence electrons. The Morgan fingerprint density at radius 2 is 1.30 bits per heavy atom. The molecular formula is C20H40O2Si. The highest BCUT2D eigenvalue weighted by Crippen LogP contribution is 2.31. The topological polar surface area (TPSA) is 29.5 Å². The first-order valence-corrected chi connectivity index (χ1v) is 11.8. The summed E-state index contributed by atoms with van der Waals surface area (Å²) in [6.07, 6.45) is 24.2. The van der Waals surface area contributed by atoms with Crippen LogP contribution in [0.4, 0.5) is 0 Å². The maximum Gasteiger partial charge on any atom is 0.302 e. The molecule has 2 rings (SSSR count).